The molecule has 0 nitrogen and oxygen atoms in total. The van der Waals surface area contributed by atoms with Crippen molar-refractivity contribution in [2.45, 2.75) is 6.18 Å². The molecule has 0 aromatic rings. The number of halogens is 5. The number of alkyl halides is 3. The van der Waals surface area contributed by atoms with E-state index in [0.717, 1.165) is 0 Å². The molecule has 0 atom stereocenters. The predicted molar refractivity (Wildman–Crippen MR) is 11.5 cm³/mol. The van der Waals surface area contributed by atoms with Crippen molar-refractivity contribution in [3.05, 3.63) is 6.43 Å². The summed E-state index contributed by atoms with van der Waals surface area (Å²) in [5.41, 5.74) is 0. The Morgan fingerprint density at radius 2 is 1.12 bits per heavy atom. The second-order valence-corrected chi connectivity index (χ2v) is 0.758. The molecule has 0 aliphatic rings. The maximum absolute atomic E-state index is 10.4. The predicted octanol–water partition coefficient (Wildman–Crippen LogP) is 1.97. The van der Waals surface area contributed by atoms with Gasteiger partial charge in [0.1, 0.15) is 6.43 Å². The van der Waals surface area contributed by atoms with Crippen molar-refractivity contribution in [3.63, 3.8) is 0 Å². The Morgan fingerprint density at radius 1 is 1.00 bits per heavy atom. The van der Waals surface area contributed by atoms with E-state index in [2.05, 4.69) is 0 Å². The van der Waals surface area contributed by atoms with Crippen LogP contribution in [0.15, 0.2) is 0 Å². The fourth-order valence-corrected chi connectivity index (χ4v) is 0. The van der Waals surface area contributed by atoms with Crippen molar-refractivity contribution in [2.24, 2.45) is 0 Å². The van der Waals surface area contributed by atoms with Gasteiger partial charge in [0.15, 0.2) is 0 Å². The first kappa shape index (κ1) is 11.4. The van der Waals surface area contributed by atoms with Crippen LogP contribution in [0.1, 0.15) is 0 Å². The van der Waals surface area contributed by atoms with Gasteiger partial charge < -0.3 is 8.78 Å². The first-order valence-corrected chi connectivity index (χ1v) is 1.19. The molecular formula is C2CdF5-. The molecular weight excluding hydrogens is 231 g/mol. The molecule has 0 aliphatic carbocycles. The van der Waals surface area contributed by atoms with Crippen molar-refractivity contribution < 1.29 is 49.3 Å². The van der Waals surface area contributed by atoms with Gasteiger partial charge in [-0.3, -0.25) is 0 Å². The van der Waals surface area contributed by atoms with Crippen molar-refractivity contribution in [2.75, 3.05) is 0 Å². The first-order valence-electron chi connectivity index (χ1n) is 1.19. The molecule has 46 valence electrons. The average Bonchev–Trinajstić information content (AvgIpc) is 1.31. The van der Waals surface area contributed by atoms with Gasteiger partial charge in [-0.25, -0.2) is 13.2 Å². The number of hydrogen-bond acceptors (Lipinski definition) is 0. The van der Waals surface area contributed by atoms with Crippen molar-refractivity contribution in [1.82, 2.24) is 0 Å². The van der Waals surface area contributed by atoms with E-state index in [-0.39, 0.29) is 27.3 Å². The number of hydrogen-bond donors (Lipinski definition) is 0. The molecule has 0 radical (unpaired) electrons. The van der Waals surface area contributed by atoms with Gasteiger partial charge in [0.05, 0.1) is 0 Å². The molecule has 0 heterocycles. The molecule has 0 saturated carbocycles. The van der Waals surface area contributed by atoms with Gasteiger partial charge in [0.2, 0.25) is 0 Å². The normalized spacial score (nSPS) is 11.2. The smallest absolute Gasteiger partial charge is 0.326 e. The molecule has 6 heteroatoms. The van der Waals surface area contributed by atoms with Gasteiger partial charge in [0, 0.05) is 27.3 Å². The minimum atomic E-state index is -5.42. The SMILES string of the molecule is F[C-](F)C(F)(F)F.[Cd]. The zero-order valence-corrected chi connectivity index (χ0v) is 7.63. The van der Waals surface area contributed by atoms with Crippen LogP contribution in [-0.4, -0.2) is 6.18 Å². The van der Waals surface area contributed by atoms with Crippen LogP contribution in [0.4, 0.5) is 22.0 Å². The summed E-state index contributed by atoms with van der Waals surface area (Å²) in [6.07, 6.45) is -8.92. The van der Waals surface area contributed by atoms with E-state index in [1.807, 2.05) is 0 Å². The van der Waals surface area contributed by atoms with Crippen LogP contribution in [0.2, 0.25) is 0 Å². The maximum atomic E-state index is 10.4. The maximum Gasteiger partial charge on any atom is 0.326 e. The van der Waals surface area contributed by atoms with Crippen LogP contribution in [0.3, 0.4) is 0 Å². The summed E-state index contributed by atoms with van der Waals surface area (Å²) < 4.78 is 51.8. The molecule has 0 fully saturated rings. The second-order valence-electron chi connectivity index (χ2n) is 0.758. The Kier molecular flexibility index (Phi) is 5.08. The van der Waals surface area contributed by atoms with Crippen LogP contribution in [0, 0.1) is 6.43 Å². The first-order chi connectivity index (χ1) is 2.94. The second kappa shape index (κ2) is 3.57. The van der Waals surface area contributed by atoms with Crippen LogP contribution < -0.4 is 0 Å². The summed E-state index contributed by atoms with van der Waals surface area (Å²) in [6, 6.07) is 0. The number of rotatable bonds is 0. The molecule has 0 aromatic heterocycles. The van der Waals surface area contributed by atoms with Crippen LogP contribution in [0.25, 0.3) is 0 Å². The van der Waals surface area contributed by atoms with E-state index in [0.29, 0.717) is 0 Å². The third-order valence-electron chi connectivity index (χ3n) is 0.214. The minimum absolute atomic E-state index is 0. The third-order valence-corrected chi connectivity index (χ3v) is 0.214. The summed E-state index contributed by atoms with van der Waals surface area (Å²) in [4.78, 5) is 0. The fourth-order valence-electron chi connectivity index (χ4n) is 0. The zero-order chi connectivity index (χ0) is 6.08. The minimum Gasteiger partial charge on any atom is -0.412 e. The van der Waals surface area contributed by atoms with Crippen molar-refractivity contribution in [3.8, 4) is 0 Å². The Labute approximate surface area is 62.2 Å². The van der Waals surface area contributed by atoms with Crippen molar-refractivity contribution >= 4 is 0 Å². The largest absolute Gasteiger partial charge is 0.412 e. The van der Waals surface area contributed by atoms with Crippen molar-refractivity contribution in [1.29, 1.82) is 0 Å². The van der Waals surface area contributed by atoms with Gasteiger partial charge in [0.25, 0.3) is 0 Å². The summed E-state index contributed by atoms with van der Waals surface area (Å²) in [5, 5.41) is 0. The molecule has 0 aliphatic heterocycles. The molecule has 0 rings (SSSR count). The Bertz CT molecular complexity index is 55.9. The molecule has 0 aromatic carbocycles. The molecule has 8 heavy (non-hydrogen) atoms. The standard InChI is InChI=1S/C2F5.Cd/c3-1(4)2(5,6)7;/q-1;. The summed E-state index contributed by atoms with van der Waals surface area (Å²) in [5.74, 6) is 0. The molecule has 0 spiro atoms. The molecule has 0 bridgehead atoms. The van der Waals surface area contributed by atoms with Gasteiger partial charge in [-0.1, -0.05) is 0 Å². The van der Waals surface area contributed by atoms with E-state index in [9.17, 15) is 22.0 Å². The zero-order valence-electron chi connectivity index (χ0n) is 3.60. The summed E-state index contributed by atoms with van der Waals surface area (Å²) >= 11 is 0. The van der Waals surface area contributed by atoms with E-state index in [1.54, 1.807) is 0 Å². The van der Waals surface area contributed by atoms with Crippen LogP contribution >= 0.6 is 0 Å². The summed E-state index contributed by atoms with van der Waals surface area (Å²) in [6.45, 7) is 0. The Hall–Kier alpha value is 0.572. The monoisotopic (exact) mass is 233 g/mol. The van der Waals surface area contributed by atoms with Gasteiger partial charge in [-0.2, -0.15) is 0 Å². The van der Waals surface area contributed by atoms with E-state index < -0.39 is 12.6 Å². The average molecular weight is 231 g/mol. The van der Waals surface area contributed by atoms with Gasteiger partial charge >= 0.3 is 6.18 Å². The molecule has 0 N–H and O–H groups in total. The van der Waals surface area contributed by atoms with Crippen LogP contribution in [0.5, 0.6) is 0 Å². The Morgan fingerprint density at radius 3 is 1.12 bits per heavy atom. The third kappa shape index (κ3) is 4.72. The van der Waals surface area contributed by atoms with E-state index in [1.165, 1.54) is 0 Å². The topological polar surface area (TPSA) is 0 Å². The van der Waals surface area contributed by atoms with Gasteiger partial charge in [-0.15, -0.1) is 0 Å². The van der Waals surface area contributed by atoms with E-state index >= 15 is 0 Å². The van der Waals surface area contributed by atoms with E-state index in [4.69, 9.17) is 0 Å². The van der Waals surface area contributed by atoms with Crippen LogP contribution in [-0.2, 0) is 27.3 Å². The molecule has 0 amide bonds. The summed E-state index contributed by atoms with van der Waals surface area (Å²) in [7, 11) is 0. The molecule has 0 saturated heterocycles. The quantitative estimate of drug-likeness (QED) is 0.340. The Balaban J connectivity index is 0. The fraction of sp³-hybridized carbons (Fsp3) is 0.500. The molecule has 0 unspecified atom stereocenters. The van der Waals surface area contributed by atoms with Gasteiger partial charge in [-0.05, 0) is 0 Å².